The third kappa shape index (κ3) is 5.47. The molecule has 0 aliphatic heterocycles. The van der Waals surface area contributed by atoms with E-state index in [1.807, 2.05) is 0 Å². The van der Waals surface area contributed by atoms with Crippen molar-refractivity contribution < 1.29 is 23.1 Å². The topological polar surface area (TPSA) is 138 Å². The van der Waals surface area contributed by atoms with Gasteiger partial charge in [-0.3, -0.25) is 4.79 Å². The first-order valence-corrected chi connectivity index (χ1v) is 11.3. The minimum Gasteiger partial charge on any atom is -0.404 e. The maximum Gasteiger partial charge on any atom is 0.270 e. The summed E-state index contributed by atoms with van der Waals surface area (Å²) < 4.78 is 43.5. The van der Waals surface area contributed by atoms with Gasteiger partial charge >= 0.3 is 0 Å². The van der Waals surface area contributed by atoms with Crippen LogP contribution < -0.4 is 21.7 Å². The molecule has 2 heterocycles. The minimum atomic E-state index is -2.91. The van der Waals surface area contributed by atoms with E-state index in [1.165, 1.54) is 44.6 Å². The number of nitrogens with zero attached hydrogens (tertiary/aromatic N) is 3. The first-order valence-electron chi connectivity index (χ1n) is 11.3. The van der Waals surface area contributed by atoms with Crippen molar-refractivity contribution in [2.24, 2.45) is 17.6 Å². The molecular formula is C23H28F3N7O2. The number of rotatable bonds is 9. The lowest BCUT2D eigenvalue weighted by Crippen LogP contribution is -2.42. The lowest BCUT2D eigenvalue weighted by atomic mass is 10.0. The van der Waals surface area contributed by atoms with Crippen molar-refractivity contribution >= 4 is 29.3 Å². The van der Waals surface area contributed by atoms with Gasteiger partial charge in [-0.1, -0.05) is 0 Å². The monoisotopic (exact) mass is 491 g/mol. The number of carbonyl (C=O) groups excluding carboxylic acids is 1. The summed E-state index contributed by atoms with van der Waals surface area (Å²) in [5.74, 6) is -3.32. The molecule has 2 fully saturated rings. The molecular weight excluding hydrogens is 463 g/mol. The molecule has 2 aromatic rings. The Labute approximate surface area is 200 Å². The van der Waals surface area contributed by atoms with Crippen LogP contribution in [0, 0.1) is 11.8 Å². The summed E-state index contributed by atoms with van der Waals surface area (Å²) in [6.07, 6.45) is 4.58. The Morgan fingerprint density at radius 2 is 2.11 bits per heavy atom. The zero-order chi connectivity index (χ0) is 25.4. The molecule has 12 heteroatoms. The van der Waals surface area contributed by atoms with Crippen LogP contribution in [0.4, 0.5) is 30.5 Å². The van der Waals surface area contributed by atoms with Crippen LogP contribution in [0.15, 0.2) is 30.7 Å². The number of halogens is 3. The van der Waals surface area contributed by atoms with Gasteiger partial charge in [-0.05, 0) is 50.9 Å². The predicted octanol–water partition coefficient (Wildman–Crippen LogP) is 2.84. The van der Waals surface area contributed by atoms with Crippen molar-refractivity contribution in [1.29, 1.82) is 0 Å². The van der Waals surface area contributed by atoms with Crippen molar-refractivity contribution in [1.82, 2.24) is 20.3 Å². The van der Waals surface area contributed by atoms with E-state index in [0.717, 1.165) is 0 Å². The highest BCUT2D eigenvalue weighted by Gasteiger charge is 2.65. The molecule has 0 radical (unpaired) electrons. The summed E-state index contributed by atoms with van der Waals surface area (Å²) in [6.45, 7) is 2.12. The van der Waals surface area contributed by atoms with E-state index in [1.54, 1.807) is 6.07 Å². The second-order valence-corrected chi connectivity index (χ2v) is 9.44. The van der Waals surface area contributed by atoms with Crippen LogP contribution >= 0.6 is 0 Å². The Morgan fingerprint density at radius 3 is 2.77 bits per heavy atom. The quantitative estimate of drug-likeness (QED) is 0.361. The van der Waals surface area contributed by atoms with Gasteiger partial charge in [0.1, 0.15) is 17.8 Å². The molecule has 6 N–H and O–H groups in total. The SMILES string of the molecule is CC(C)(O)[C@H](F)CNC(=O)c1cnc(Nc2ccnc(C=CN)n2)cc1NC1CC2CC2C1(F)F. The molecule has 2 aromatic heterocycles. The second kappa shape index (κ2) is 9.33. The zero-order valence-corrected chi connectivity index (χ0v) is 19.3. The fourth-order valence-electron chi connectivity index (χ4n) is 4.13. The van der Waals surface area contributed by atoms with Crippen LogP contribution in [-0.2, 0) is 0 Å². The predicted molar refractivity (Wildman–Crippen MR) is 125 cm³/mol. The zero-order valence-electron chi connectivity index (χ0n) is 19.3. The van der Waals surface area contributed by atoms with E-state index >= 15 is 0 Å². The minimum absolute atomic E-state index is 0.0238. The molecule has 3 unspecified atom stereocenters. The molecule has 35 heavy (non-hydrogen) atoms. The maximum atomic E-state index is 14.7. The largest absolute Gasteiger partial charge is 0.404 e. The van der Waals surface area contributed by atoms with Gasteiger partial charge in [0, 0.05) is 24.4 Å². The molecule has 1 amide bonds. The molecule has 2 aliphatic rings. The fourth-order valence-corrected chi connectivity index (χ4v) is 4.13. The number of hydrogen-bond donors (Lipinski definition) is 5. The highest BCUT2D eigenvalue weighted by atomic mass is 19.3. The standard InChI is InChI=1S/C23H28F3N7O2/c1-22(2,35)16(24)11-30-21(34)13-10-29-20(33-19-4-6-28-18(32-19)3-5-27)9-15(13)31-17-8-12-7-14(12)23(17,25)26/h3-6,9-10,12,14,16-17,35H,7-8,11,27H2,1-2H3,(H,30,34)(H2,28,29,31,32,33)/t12?,14?,16-,17?/m1/s1. The summed E-state index contributed by atoms with van der Waals surface area (Å²) in [5, 5.41) is 17.9. The summed E-state index contributed by atoms with van der Waals surface area (Å²) >= 11 is 0. The van der Waals surface area contributed by atoms with Gasteiger partial charge in [-0.15, -0.1) is 0 Å². The number of aliphatic hydroxyl groups is 1. The van der Waals surface area contributed by atoms with Crippen molar-refractivity contribution in [3.63, 3.8) is 0 Å². The number of alkyl halides is 3. The van der Waals surface area contributed by atoms with Crippen molar-refractivity contribution in [2.75, 3.05) is 17.2 Å². The number of pyridine rings is 1. The van der Waals surface area contributed by atoms with Crippen LogP contribution in [0.25, 0.3) is 6.08 Å². The first kappa shape index (κ1) is 24.7. The second-order valence-electron chi connectivity index (χ2n) is 9.44. The van der Waals surface area contributed by atoms with Crippen molar-refractivity contribution in [3.05, 3.63) is 42.1 Å². The normalized spacial score (nSPS) is 23.5. The van der Waals surface area contributed by atoms with E-state index in [9.17, 15) is 23.1 Å². The molecule has 9 nitrogen and oxygen atoms in total. The van der Waals surface area contributed by atoms with E-state index in [-0.39, 0.29) is 29.4 Å². The molecule has 0 spiro atoms. The van der Waals surface area contributed by atoms with Gasteiger partial charge in [-0.25, -0.2) is 28.1 Å². The summed E-state index contributed by atoms with van der Waals surface area (Å²) in [6, 6.07) is 1.87. The Morgan fingerprint density at radius 1 is 1.34 bits per heavy atom. The van der Waals surface area contributed by atoms with Gasteiger partial charge in [0.15, 0.2) is 5.82 Å². The Bertz CT molecular complexity index is 1120. The number of fused-ring (bicyclic) bond motifs is 1. The molecule has 4 rings (SSSR count). The number of nitrogens with two attached hydrogens (primary N) is 1. The van der Waals surface area contributed by atoms with Crippen LogP contribution in [-0.4, -0.2) is 56.2 Å². The third-order valence-electron chi connectivity index (χ3n) is 6.28. The number of hydrogen-bond acceptors (Lipinski definition) is 8. The van der Waals surface area contributed by atoms with Crippen LogP contribution in [0.5, 0.6) is 0 Å². The molecule has 0 aromatic carbocycles. The number of nitrogens with one attached hydrogen (secondary N) is 3. The lowest BCUT2D eigenvalue weighted by molar-refractivity contribution is -0.0240. The number of carbonyl (C=O) groups is 1. The van der Waals surface area contributed by atoms with E-state index in [0.29, 0.717) is 18.1 Å². The molecule has 188 valence electrons. The van der Waals surface area contributed by atoms with Gasteiger partial charge in [0.2, 0.25) is 0 Å². The van der Waals surface area contributed by atoms with Crippen molar-refractivity contribution in [2.45, 2.75) is 50.4 Å². The molecule has 2 aliphatic carbocycles. The summed E-state index contributed by atoms with van der Waals surface area (Å²) in [4.78, 5) is 25.3. The third-order valence-corrected chi connectivity index (χ3v) is 6.28. The van der Waals surface area contributed by atoms with E-state index in [4.69, 9.17) is 5.73 Å². The highest BCUT2D eigenvalue weighted by Crippen LogP contribution is 2.60. The van der Waals surface area contributed by atoms with Gasteiger partial charge in [-0.2, -0.15) is 0 Å². The number of aromatic nitrogens is 3. The highest BCUT2D eigenvalue weighted by molar-refractivity contribution is 6.00. The smallest absolute Gasteiger partial charge is 0.270 e. The van der Waals surface area contributed by atoms with Crippen LogP contribution in [0.3, 0.4) is 0 Å². The molecule has 0 bridgehead atoms. The average molecular weight is 492 g/mol. The Balaban J connectivity index is 1.58. The first-order chi connectivity index (χ1) is 16.5. The number of amides is 1. The fraction of sp³-hybridized carbons (Fsp3) is 0.478. The molecule has 0 saturated heterocycles. The van der Waals surface area contributed by atoms with Crippen LogP contribution in [0.1, 0.15) is 42.9 Å². The Kier molecular flexibility index (Phi) is 6.58. The summed E-state index contributed by atoms with van der Waals surface area (Å²) in [7, 11) is 0. The van der Waals surface area contributed by atoms with Gasteiger partial charge in [0.25, 0.3) is 11.8 Å². The van der Waals surface area contributed by atoms with E-state index in [2.05, 4.69) is 30.9 Å². The lowest BCUT2D eigenvalue weighted by Gasteiger charge is -2.26. The number of anilines is 3. The van der Waals surface area contributed by atoms with Gasteiger partial charge < -0.3 is 26.8 Å². The van der Waals surface area contributed by atoms with Crippen molar-refractivity contribution in [3.8, 4) is 0 Å². The average Bonchev–Trinajstić information content (AvgIpc) is 3.52. The van der Waals surface area contributed by atoms with E-state index < -0.39 is 42.1 Å². The Hall–Kier alpha value is -3.41. The maximum absolute atomic E-state index is 14.7. The van der Waals surface area contributed by atoms with Crippen LogP contribution in [0.2, 0.25) is 0 Å². The molecule has 2 saturated carbocycles. The van der Waals surface area contributed by atoms with Gasteiger partial charge in [0.05, 0.1) is 29.4 Å². The molecule has 4 atom stereocenters. The summed E-state index contributed by atoms with van der Waals surface area (Å²) in [5.41, 5.74) is 3.82.